The molecule has 142 valence electrons. The minimum atomic E-state index is -0.442. The lowest BCUT2D eigenvalue weighted by Crippen LogP contribution is -2.43. The maximum absolute atomic E-state index is 12.4. The number of carbonyl (C=O) groups is 2. The second-order valence-corrected chi connectivity index (χ2v) is 6.59. The van der Waals surface area contributed by atoms with Crippen LogP contribution in [0, 0.1) is 0 Å². The van der Waals surface area contributed by atoms with E-state index in [4.69, 9.17) is 4.74 Å². The normalized spacial score (nSPS) is 15.1. The van der Waals surface area contributed by atoms with Gasteiger partial charge in [0, 0.05) is 25.7 Å². The number of likely N-dealkylation sites (N-methyl/N-ethyl adjacent to an activating group) is 1. The van der Waals surface area contributed by atoms with Gasteiger partial charge in [0.15, 0.2) is 0 Å². The molecule has 0 unspecified atom stereocenters. The fourth-order valence-electron chi connectivity index (χ4n) is 3.22. The second-order valence-electron chi connectivity index (χ2n) is 6.59. The molecule has 3 rings (SSSR count). The van der Waals surface area contributed by atoms with Gasteiger partial charge < -0.3 is 10.1 Å². The first-order valence-corrected chi connectivity index (χ1v) is 9.20. The van der Waals surface area contributed by atoms with Gasteiger partial charge in [-0.2, -0.15) is 0 Å². The van der Waals surface area contributed by atoms with Gasteiger partial charge >= 0.3 is 6.09 Å². The number of piperidine rings is 1. The van der Waals surface area contributed by atoms with Crippen molar-refractivity contribution in [3.8, 4) is 11.1 Å². The van der Waals surface area contributed by atoms with Gasteiger partial charge in [0.25, 0.3) is 0 Å². The van der Waals surface area contributed by atoms with E-state index in [2.05, 4.69) is 15.5 Å². The highest BCUT2D eigenvalue weighted by Crippen LogP contribution is 2.27. The van der Waals surface area contributed by atoms with Crippen LogP contribution in [0.2, 0.25) is 0 Å². The van der Waals surface area contributed by atoms with Crippen LogP contribution in [-0.2, 0) is 9.53 Å². The molecule has 0 saturated carbocycles. The summed E-state index contributed by atoms with van der Waals surface area (Å²) in [6, 6.07) is 17.6. The Bertz CT molecular complexity index is 771. The molecule has 6 nitrogen and oxygen atoms in total. The number of hydrogen-bond donors (Lipinski definition) is 2. The van der Waals surface area contributed by atoms with Crippen molar-refractivity contribution in [2.45, 2.75) is 18.9 Å². The number of likely N-dealkylation sites (tertiary alicyclic amines) is 1. The highest BCUT2D eigenvalue weighted by atomic mass is 16.6. The van der Waals surface area contributed by atoms with E-state index in [1.807, 2.05) is 54.6 Å². The highest BCUT2D eigenvalue weighted by Gasteiger charge is 2.23. The fraction of sp³-hybridized carbons (Fsp3) is 0.333. The Kier molecular flexibility index (Phi) is 6.44. The maximum atomic E-state index is 12.4. The van der Waals surface area contributed by atoms with Crippen LogP contribution < -0.4 is 10.6 Å². The van der Waals surface area contributed by atoms with E-state index in [0.29, 0.717) is 6.54 Å². The molecule has 0 aliphatic carbocycles. The molecule has 27 heavy (non-hydrogen) atoms. The Morgan fingerprint density at radius 2 is 1.70 bits per heavy atom. The lowest BCUT2D eigenvalue weighted by atomic mass is 10.0. The number of nitrogens with zero attached hydrogens (tertiary/aromatic N) is 1. The van der Waals surface area contributed by atoms with Gasteiger partial charge in [-0.15, -0.1) is 0 Å². The van der Waals surface area contributed by atoms with Gasteiger partial charge in [-0.3, -0.25) is 15.0 Å². The lowest BCUT2D eigenvalue weighted by Gasteiger charge is -2.31. The monoisotopic (exact) mass is 367 g/mol. The van der Waals surface area contributed by atoms with Crippen molar-refractivity contribution in [1.29, 1.82) is 0 Å². The summed E-state index contributed by atoms with van der Waals surface area (Å²) in [6.07, 6.45) is 0.883. The SMILES string of the molecule is CNC(=O)CN1CCC(OC(=O)Nc2ccccc2-c2ccccc2)CC1. The predicted molar refractivity (Wildman–Crippen MR) is 106 cm³/mol. The lowest BCUT2D eigenvalue weighted by molar-refractivity contribution is -0.122. The average Bonchev–Trinajstić information content (AvgIpc) is 2.70. The molecule has 2 amide bonds. The van der Waals surface area contributed by atoms with Gasteiger partial charge in [-0.25, -0.2) is 4.79 Å². The second kappa shape index (κ2) is 9.19. The summed E-state index contributed by atoms with van der Waals surface area (Å²) in [4.78, 5) is 25.9. The van der Waals surface area contributed by atoms with Gasteiger partial charge in [0.1, 0.15) is 6.10 Å². The zero-order chi connectivity index (χ0) is 19.1. The van der Waals surface area contributed by atoms with Crippen molar-refractivity contribution < 1.29 is 14.3 Å². The van der Waals surface area contributed by atoms with Crippen molar-refractivity contribution >= 4 is 17.7 Å². The van der Waals surface area contributed by atoms with Crippen molar-refractivity contribution in [3.05, 3.63) is 54.6 Å². The van der Waals surface area contributed by atoms with Crippen LogP contribution in [0.5, 0.6) is 0 Å². The Morgan fingerprint density at radius 3 is 2.41 bits per heavy atom. The third-order valence-corrected chi connectivity index (χ3v) is 4.70. The number of carbonyl (C=O) groups excluding carboxylic acids is 2. The van der Waals surface area contributed by atoms with E-state index in [9.17, 15) is 9.59 Å². The number of hydrogen-bond acceptors (Lipinski definition) is 4. The zero-order valence-electron chi connectivity index (χ0n) is 15.5. The standard InChI is InChI=1S/C21H25N3O3/c1-22-20(25)15-24-13-11-17(12-14-24)27-21(26)23-19-10-6-5-9-18(19)16-7-3-2-4-8-16/h2-10,17H,11-15H2,1H3,(H,22,25)(H,23,26). The van der Waals surface area contributed by atoms with E-state index in [0.717, 1.165) is 42.7 Å². The summed E-state index contributed by atoms with van der Waals surface area (Å²) in [6.45, 7) is 1.87. The van der Waals surface area contributed by atoms with Crippen molar-refractivity contribution in [2.24, 2.45) is 0 Å². The molecule has 1 aliphatic heterocycles. The molecule has 6 heteroatoms. The van der Waals surface area contributed by atoms with Crippen molar-refractivity contribution in [1.82, 2.24) is 10.2 Å². The topological polar surface area (TPSA) is 70.7 Å². The average molecular weight is 367 g/mol. The molecule has 0 aromatic heterocycles. The van der Waals surface area contributed by atoms with Crippen LogP contribution in [0.15, 0.2) is 54.6 Å². The Morgan fingerprint density at radius 1 is 1.04 bits per heavy atom. The molecule has 2 aromatic rings. The van der Waals surface area contributed by atoms with Crippen LogP contribution in [0.4, 0.5) is 10.5 Å². The Labute approximate surface area is 159 Å². The molecule has 1 fully saturated rings. The van der Waals surface area contributed by atoms with Crippen LogP contribution in [0.3, 0.4) is 0 Å². The molecule has 0 radical (unpaired) electrons. The number of rotatable bonds is 5. The van der Waals surface area contributed by atoms with Crippen LogP contribution in [0.25, 0.3) is 11.1 Å². The number of amides is 2. The number of para-hydroxylation sites is 1. The van der Waals surface area contributed by atoms with Crippen molar-refractivity contribution in [2.75, 3.05) is 32.0 Å². The summed E-state index contributed by atoms with van der Waals surface area (Å²) in [5.41, 5.74) is 2.72. The van der Waals surface area contributed by atoms with E-state index in [1.165, 1.54) is 0 Å². The van der Waals surface area contributed by atoms with Crippen LogP contribution in [-0.4, -0.2) is 49.7 Å². The molecular weight excluding hydrogens is 342 g/mol. The number of nitrogens with one attached hydrogen (secondary N) is 2. The molecule has 2 aromatic carbocycles. The van der Waals surface area contributed by atoms with Gasteiger partial charge in [0.05, 0.1) is 12.2 Å². The predicted octanol–water partition coefficient (Wildman–Crippen LogP) is 3.11. The van der Waals surface area contributed by atoms with E-state index < -0.39 is 6.09 Å². The van der Waals surface area contributed by atoms with Crippen molar-refractivity contribution in [3.63, 3.8) is 0 Å². The summed E-state index contributed by atoms with van der Waals surface area (Å²) in [5, 5.41) is 5.50. The van der Waals surface area contributed by atoms with Gasteiger partial charge in [0.2, 0.25) is 5.91 Å². The molecule has 2 N–H and O–H groups in total. The summed E-state index contributed by atoms with van der Waals surface area (Å²) >= 11 is 0. The Hall–Kier alpha value is -2.86. The minimum Gasteiger partial charge on any atom is -0.446 e. The molecule has 1 aliphatic rings. The quantitative estimate of drug-likeness (QED) is 0.852. The smallest absolute Gasteiger partial charge is 0.411 e. The number of benzene rings is 2. The molecular formula is C21H25N3O3. The Balaban J connectivity index is 1.55. The van der Waals surface area contributed by atoms with Crippen LogP contribution in [0.1, 0.15) is 12.8 Å². The molecule has 0 bridgehead atoms. The molecule has 1 heterocycles. The summed E-state index contributed by atoms with van der Waals surface area (Å²) in [5.74, 6) is 0.00429. The van der Waals surface area contributed by atoms with E-state index in [-0.39, 0.29) is 12.0 Å². The molecule has 1 saturated heterocycles. The largest absolute Gasteiger partial charge is 0.446 e. The minimum absolute atomic E-state index is 0.00429. The summed E-state index contributed by atoms with van der Waals surface area (Å²) < 4.78 is 5.59. The fourth-order valence-corrected chi connectivity index (χ4v) is 3.22. The third-order valence-electron chi connectivity index (χ3n) is 4.70. The first kappa shape index (κ1) is 18.9. The first-order chi connectivity index (χ1) is 13.2. The number of anilines is 1. The third kappa shape index (κ3) is 5.31. The van der Waals surface area contributed by atoms with E-state index in [1.54, 1.807) is 7.05 Å². The first-order valence-electron chi connectivity index (χ1n) is 9.20. The highest BCUT2D eigenvalue weighted by molar-refractivity contribution is 5.91. The maximum Gasteiger partial charge on any atom is 0.411 e. The summed E-state index contributed by atoms with van der Waals surface area (Å²) in [7, 11) is 1.63. The van der Waals surface area contributed by atoms with E-state index >= 15 is 0 Å². The zero-order valence-corrected chi connectivity index (χ0v) is 15.5. The molecule has 0 spiro atoms. The van der Waals surface area contributed by atoms with Crippen LogP contribution >= 0.6 is 0 Å². The molecule has 0 atom stereocenters. The number of ether oxygens (including phenoxy) is 1. The van der Waals surface area contributed by atoms with Gasteiger partial charge in [-0.1, -0.05) is 48.5 Å². The van der Waals surface area contributed by atoms with Gasteiger partial charge in [-0.05, 0) is 24.5 Å².